The van der Waals surface area contributed by atoms with E-state index in [2.05, 4.69) is 25.0 Å². The largest absolute Gasteiger partial charge is 0.487 e. The molecular weight excluding hydrogens is 358 g/mol. The number of benzene rings is 1. The third kappa shape index (κ3) is 11.9. The van der Waals surface area contributed by atoms with Gasteiger partial charge in [0.25, 0.3) is 0 Å². The predicted octanol–water partition coefficient (Wildman–Crippen LogP) is 5.05. The lowest BCUT2D eigenvalue weighted by molar-refractivity contribution is 0.0999. The molecule has 0 atom stereocenters. The van der Waals surface area contributed by atoms with Crippen LogP contribution in [0.4, 0.5) is 5.69 Å². The number of ether oxygens (including phenoxy) is 4. The van der Waals surface area contributed by atoms with E-state index in [0.29, 0.717) is 39.6 Å². The van der Waals surface area contributed by atoms with Gasteiger partial charge >= 0.3 is 0 Å². The van der Waals surface area contributed by atoms with E-state index in [0.717, 1.165) is 23.7 Å². The van der Waals surface area contributed by atoms with Crippen LogP contribution in [0.15, 0.2) is 18.2 Å². The first-order valence-electron chi connectivity index (χ1n) is 10.2. The van der Waals surface area contributed by atoms with E-state index in [1.165, 1.54) is 18.9 Å². The monoisotopic (exact) mass is 397 g/mol. The molecule has 1 rings (SSSR count). The average Bonchev–Trinajstić information content (AvgIpc) is 2.62. The molecule has 0 saturated heterocycles. The molecule has 0 spiro atoms. The van der Waals surface area contributed by atoms with Gasteiger partial charge in [0.15, 0.2) is 11.5 Å². The van der Waals surface area contributed by atoms with Crippen molar-refractivity contribution in [2.75, 3.05) is 51.5 Å². The zero-order chi connectivity index (χ0) is 20.0. The first-order valence-corrected chi connectivity index (χ1v) is 14.0. The minimum atomic E-state index is -0.930. The summed E-state index contributed by atoms with van der Waals surface area (Å²) in [6.07, 6.45) is 2.48. The lowest BCUT2D eigenvalue weighted by Gasteiger charge is -2.16. The molecule has 0 amide bonds. The summed E-state index contributed by atoms with van der Waals surface area (Å²) in [5, 5.41) is 3.50. The molecule has 0 heterocycles. The van der Waals surface area contributed by atoms with Gasteiger partial charge in [-0.2, -0.15) is 0 Å². The first-order chi connectivity index (χ1) is 13.0. The molecule has 1 N–H and O–H groups in total. The Labute approximate surface area is 166 Å². The highest BCUT2D eigenvalue weighted by atomic mass is 28.3. The number of anilines is 1. The van der Waals surface area contributed by atoms with Crippen LogP contribution in [0, 0.1) is 0 Å². The van der Waals surface area contributed by atoms with Gasteiger partial charge in [0.1, 0.15) is 13.2 Å². The Morgan fingerprint density at radius 1 is 0.815 bits per heavy atom. The van der Waals surface area contributed by atoms with Gasteiger partial charge in [-0.15, -0.1) is 0 Å². The molecule has 5 nitrogen and oxygen atoms in total. The van der Waals surface area contributed by atoms with Crippen LogP contribution >= 0.6 is 0 Å². The highest BCUT2D eigenvalue weighted by Gasteiger charge is 2.11. The molecule has 27 heavy (non-hydrogen) atoms. The van der Waals surface area contributed by atoms with Crippen LogP contribution in [0.25, 0.3) is 0 Å². The fraction of sp³-hybridized carbons (Fsp3) is 0.714. The van der Waals surface area contributed by atoms with Gasteiger partial charge in [0.05, 0.1) is 13.2 Å². The van der Waals surface area contributed by atoms with Crippen LogP contribution in [-0.4, -0.2) is 54.3 Å². The third-order valence-corrected chi connectivity index (χ3v) is 5.86. The minimum Gasteiger partial charge on any atom is -0.487 e. The number of hydrogen-bond acceptors (Lipinski definition) is 5. The second-order valence-corrected chi connectivity index (χ2v) is 13.3. The Morgan fingerprint density at radius 2 is 1.44 bits per heavy atom. The zero-order valence-corrected chi connectivity index (χ0v) is 18.9. The van der Waals surface area contributed by atoms with E-state index < -0.39 is 8.07 Å². The Kier molecular flexibility index (Phi) is 12.2. The topological polar surface area (TPSA) is 49.0 Å². The maximum absolute atomic E-state index is 5.88. The van der Waals surface area contributed by atoms with E-state index in [9.17, 15) is 0 Å². The molecule has 1 aromatic carbocycles. The molecule has 1 aromatic rings. The smallest absolute Gasteiger partial charge is 0.163 e. The lowest BCUT2D eigenvalue weighted by Crippen LogP contribution is -2.19. The summed E-state index contributed by atoms with van der Waals surface area (Å²) in [6.45, 7) is 15.8. The van der Waals surface area contributed by atoms with Crippen molar-refractivity contribution in [1.29, 1.82) is 0 Å². The Hall–Kier alpha value is -1.24. The average molecular weight is 398 g/mol. The van der Waals surface area contributed by atoms with Crippen molar-refractivity contribution in [2.45, 2.75) is 52.4 Å². The summed E-state index contributed by atoms with van der Waals surface area (Å²) in [4.78, 5) is 0. The quantitative estimate of drug-likeness (QED) is 0.312. The Bertz CT molecular complexity index is 505. The van der Waals surface area contributed by atoms with Crippen LogP contribution < -0.4 is 14.8 Å². The molecule has 0 aliphatic rings. The van der Waals surface area contributed by atoms with Crippen LogP contribution in [0.3, 0.4) is 0 Å². The van der Waals surface area contributed by atoms with Gasteiger partial charge in [-0.05, 0) is 32.4 Å². The van der Waals surface area contributed by atoms with Gasteiger partial charge in [-0.3, -0.25) is 0 Å². The van der Waals surface area contributed by atoms with Gasteiger partial charge in [-0.25, -0.2) is 0 Å². The molecule has 0 radical (unpaired) electrons. The van der Waals surface area contributed by atoms with Crippen LogP contribution in [0.5, 0.6) is 11.5 Å². The van der Waals surface area contributed by atoms with Crippen molar-refractivity contribution >= 4 is 13.8 Å². The lowest BCUT2D eigenvalue weighted by atomic mass is 10.2. The maximum Gasteiger partial charge on any atom is 0.163 e. The van der Waals surface area contributed by atoms with Crippen molar-refractivity contribution in [3.63, 3.8) is 0 Å². The molecule has 0 aliphatic heterocycles. The van der Waals surface area contributed by atoms with Crippen LogP contribution in [0.1, 0.15) is 26.7 Å². The second kappa shape index (κ2) is 13.9. The van der Waals surface area contributed by atoms with Crippen molar-refractivity contribution in [3.05, 3.63) is 18.2 Å². The van der Waals surface area contributed by atoms with Crippen molar-refractivity contribution < 1.29 is 18.9 Å². The third-order valence-electron chi connectivity index (χ3n) is 4.01. The number of rotatable bonds is 16. The Balaban J connectivity index is 2.54. The summed E-state index contributed by atoms with van der Waals surface area (Å²) in [7, 11) is -0.930. The molecule has 0 fully saturated rings. The molecule has 0 bridgehead atoms. The molecule has 0 aromatic heterocycles. The molecular formula is C21H39NO4Si. The van der Waals surface area contributed by atoms with Crippen LogP contribution in [-0.2, 0) is 9.47 Å². The summed E-state index contributed by atoms with van der Waals surface area (Å²) < 4.78 is 22.4. The normalized spacial score (nSPS) is 11.4. The SMILES string of the molecule is CCOCCOc1ccc(NCCCC[Si](C)(C)C)cc1OCCOCC. The van der Waals surface area contributed by atoms with Gasteiger partial charge in [-0.1, -0.05) is 32.1 Å². The highest BCUT2D eigenvalue weighted by Crippen LogP contribution is 2.30. The van der Waals surface area contributed by atoms with Gasteiger partial charge in [0.2, 0.25) is 0 Å². The first kappa shape index (κ1) is 23.8. The Morgan fingerprint density at radius 3 is 2.04 bits per heavy atom. The number of hydrogen-bond donors (Lipinski definition) is 1. The summed E-state index contributed by atoms with van der Waals surface area (Å²) in [5.74, 6) is 1.49. The fourth-order valence-corrected chi connectivity index (χ4v) is 3.88. The standard InChI is InChI=1S/C21H39NO4Si/c1-6-23-13-15-25-20-11-10-19(18-21(20)26-16-14-24-7-2)22-12-8-9-17-27(3,4)5/h10-11,18,22H,6-9,12-17H2,1-5H3. The number of nitrogens with one attached hydrogen (secondary N) is 1. The minimum absolute atomic E-state index is 0.509. The number of unbranched alkanes of at least 4 members (excludes halogenated alkanes) is 1. The van der Waals surface area contributed by atoms with Crippen molar-refractivity contribution in [1.82, 2.24) is 0 Å². The molecule has 0 unspecified atom stereocenters. The van der Waals surface area contributed by atoms with Crippen LogP contribution in [0.2, 0.25) is 25.7 Å². The molecule has 0 saturated carbocycles. The van der Waals surface area contributed by atoms with E-state index in [1.54, 1.807) is 0 Å². The second-order valence-electron chi connectivity index (χ2n) is 7.70. The summed E-state index contributed by atoms with van der Waals surface area (Å²) in [6, 6.07) is 7.41. The van der Waals surface area contributed by atoms with E-state index in [-0.39, 0.29) is 0 Å². The summed E-state index contributed by atoms with van der Waals surface area (Å²) in [5.41, 5.74) is 1.06. The van der Waals surface area contributed by atoms with E-state index >= 15 is 0 Å². The predicted molar refractivity (Wildman–Crippen MR) is 116 cm³/mol. The van der Waals surface area contributed by atoms with Crippen molar-refractivity contribution in [3.8, 4) is 11.5 Å². The van der Waals surface area contributed by atoms with Gasteiger partial charge < -0.3 is 24.3 Å². The van der Waals surface area contributed by atoms with E-state index in [4.69, 9.17) is 18.9 Å². The summed E-state index contributed by atoms with van der Waals surface area (Å²) >= 11 is 0. The van der Waals surface area contributed by atoms with E-state index in [1.807, 2.05) is 32.0 Å². The maximum atomic E-state index is 5.88. The fourth-order valence-electron chi connectivity index (χ4n) is 2.57. The molecule has 0 aliphatic carbocycles. The molecule has 6 heteroatoms. The van der Waals surface area contributed by atoms with Crippen molar-refractivity contribution in [2.24, 2.45) is 0 Å². The van der Waals surface area contributed by atoms with Gasteiger partial charge in [0, 0.05) is 39.6 Å². The zero-order valence-electron chi connectivity index (χ0n) is 17.9. The molecule has 156 valence electrons. The highest BCUT2D eigenvalue weighted by molar-refractivity contribution is 6.76.